The topological polar surface area (TPSA) is 53.4 Å². The van der Waals surface area contributed by atoms with E-state index in [0.29, 0.717) is 6.54 Å². The molecule has 1 N–H and O–H groups in total. The van der Waals surface area contributed by atoms with Crippen molar-refractivity contribution in [2.75, 3.05) is 7.05 Å². The average Bonchev–Trinajstić information content (AvgIpc) is 2.69. The fourth-order valence-corrected chi connectivity index (χ4v) is 3.23. The molecule has 0 saturated carbocycles. The Morgan fingerprint density at radius 1 is 1.53 bits per heavy atom. The van der Waals surface area contributed by atoms with Crippen LogP contribution in [0, 0.1) is 0 Å². The zero-order valence-electron chi connectivity index (χ0n) is 10.3. The van der Waals surface area contributed by atoms with Gasteiger partial charge in [0.15, 0.2) is 0 Å². The summed E-state index contributed by atoms with van der Waals surface area (Å²) >= 11 is 1.75. The first-order valence-electron chi connectivity index (χ1n) is 5.98. The summed E-state index contributed by atoms with van der Waals surface area (Å²) in [6.07, 6.45) is 4.72. The lowest BCUT2D eigenvalue weighted by atomic mass is 10.0. The van der Waals surface area contributed by atoms with E-state index in [1.807, 2.05) is 11.9 Å². The molecule has 94 valence electrons. The predicted octanol–water partition coefficient (Wildman–Crippen LogP) is 1.93. The van der Waals surface area contributed by atoms with Crippen molar-refractivity contribution >= 4 is 17.3 Å². The lowest BCUT2D eigenvalue weighted by molar-refractivity contribution is -0.142. The van der Waals surface area contributed by atoms with Crippen LogP contribution in [0.1, 0.15) is 35.3 Å². The summed E-state index contributed by atoms with van der Waals surface area (Å²) in [4.78, 5) is 18.7. The molecule has 1 aliphatic rings. The molecule has 0 fully saturated rings. The Hall–Kier alpha value is -0.940. The number of nitrogens with zero attached hydrogens (tertiary/aromatic N) is 2. The first-order valence-corrected chi connectivity index (χ1v) is 6.80. The van der Waals surface area contributed by atoms with Crippen LogP contribution in [0.4, 0.5) is 0 Å². The number of aliphatic carboxylic acids is 1. The number of thiazole rings is 1. The van der Waals surface area contributed by atoms with Gasteiger partial charge in [-0.05, 0) is 39.7 Å². The summed E-state index contributed by atoms with van der Waals surface area (Å²) in [5, 5.41) is 9.98. The summed E-state index contributed by atoms with van der Waals surface area (Å²) in [6, 6.07) is -0.462. The Morgan fingerprint density at radius 3 is 2.88 bits per heavy atom. The summed E-state index contributed by atoms with van der Waals surface area (Å²) in [7, 11) is 1.83. The van der Waals surface area contributed by atoms with E-state index in [1.165, 1.54) is 23.4 Å². The highest BCUT2D eigenvalue weighted by molar-refractivity contribution is 7.11. The van der Waals surface area contributed by atoms with Crippen molar-refractivity contribution in [3.63, 3.8) is 0 Å². The monoisotopic (exact) mass is 254 g/mol. The fourth-order valence-electron chi connectivity index (χ4n) is 2.01. The summed E-state index contributed by atoms with van der Waals surface area (Å²) in [6.45, 7) is 2.33. The number of hydrogen-bond donors (Lipinski definition) is 1. The van der Waals surface area contributed by atoms with Gasteiger partial charge in [0.2, 0.25) is 0 Å². The van der Waals surface area contributed by atoms with E-state index >= 15 is 0 Å². The largest absolute Gasteiger partial charge is 0.480 e. The second-order valence-electron chi connectivity index (χ2n) is 4.61. The smallest absolute Gasteiger partial charge is 0.320 e. The van der Waals surface area contributed by atoms with Gasteiger partial charge in [0.25, 0.3) is 0 Å². The molecule has 4 nitrogen and oxygen atoms in total. The van der Waals surface area contributed by atoms with Crippen LogP contribution in [0.3, 0.4) is 0 Å². The van der Waals surface area contributed by atoms with Crippen molar-refractivity contribution in [1.29, 1.82) is 0 Å². The van der Waals surface area contributed by atoms with Gasteiger partial charge in [0, 0.05) is 4.88 Å². The SMILES string of the molecule is CC(C(=O)O)N(C)Cc1nc2c(s1)CCCC2. The number of carbonyl (C=O) groups is 1. The Labute approximate surface area is 105 Å². The molecule has 1 aliphatic carbocycles. The van der Waals surface area contributed by atoms with Crippen molar-refractivity contribution < 1.29 is 9.90 Å². The summed E-state index contributed by atoms with van der Waals surface area (Å²) in [5.74, 6) is -0.784. The van der Waals surface area contributed by atoms with Crippen LogP contribution in [0.25, 0.3) is 0 Å². The zero-order chi connectivity index (χ0) is 12.4. The van der Waals surface area contributed by atoms with E-state index in [4.69, 9.17) is 5.11 Å². The average molecular weight is 254 g/mol. The maximum Gasteiger partial charge on any atom is 0.320 e. The minimum absolute atomic E-state index is 0.462. The van der Waals surface area contributed by atoms with Gasteiger partial charge in [-0.2, -0.15) is 0 Å². The second kappa shape index (κ2) is 5.14. The Bertz CT molecular complexity index is 393. The molecule has 17 heavy (non-hydrogen) atoms. The molecule has 2 rings (SSSR count). The van der Waals surface area contributed by atoms with Crippen molar-refractivity contribution in [2.24, 2.45) is 0 Å². The maximum atomic E-state index is 10.9. The van der Waals surface area contributed by atoms with Gasteiger partial charge >= 0.3 is 5.97 Å². The van der Waals surface area contributed by atoms with Gasteiger partial charge in [-0.1, -0.05) is 0 Å². The van der Waals surface area contributed by atoms with Gasteiger partial charge in [-0.15, -0.1) is 11.3 Å². The van der Waals surface area contributed by atoms with Crippen LogP contribution in [0.15, 0.2) is 0 Å². The molecule has 1 unspecified atom stereocenters. The molecule has 0 bridgehead atoms. The fraction of sp³-hybridized carbons (Fsp3) is 0.667. The third-order valence-electron chi connectivity index (χ3n) is 3.29. The van der Waals surface area contributed by atoms with E-state index < -0.39 is 12.0 Å². The molecule has 0 aromatic carbocycles. The van der Waals surface area contributed by atoms with Crippen LogP contribution >= 0.6 is 11.3 Å². The van der Waals surface area contributed by atoms with Gasteiger partial charge in [0.05, 0.1) is 12.2 Å². The van der Waals surface area contributed by atoms with E-state index in [-0.39, 0.29) is 0 Å². The van der Waals surface area contributed by atoms with Crippen molar-refractivity contribution in [2.45, 2.75) is 45.2 Å². The predicted molar refractivity (Wildman–Crippen MR) is 67.3 cm³/mol. The molecule has 0 saturated heterocycles. The molecular weight excluding hydrogens is 236 g/mol. The van der Waals surface area contributed by atoms with Gasteiger partial charge < -0.3 is 5.11 Å². The zero-order valence-corrected chi connectivity index (χ0v) is 11.1. The minimum atomic E-state index is -0.784. The number of likely N-dealkylation sites (N-methyl/N-ethyl adjacent to an activating group) is 1. The quantitative estimate of drug-likeness (QED) is 0.892. The third kappa shape index (κ3) is 2.84. The van der Waals surface area contributed by atoms with E-state index in [2.05, 4.69) is 4.98 Å². The number of hydrogen-bond acceptors (Lipinski definition) is 4. The van der Waals surface area contributed by atoms with Crippen LogP contribution in [-0.4, -0.2) is 34.0 Å². The van der Waals surface area contributed by atoms with Crippen LogP contribution in [0.2, 0.25) is 0 Å². The first-order chi connectivity index (χ1) is 8.08. The van der Waals surface area contributed by atoms with Crippen molar-refractivity contribution in [3.8, 4) is 0 Å². The molecule has 1 aromatic rings. The van der Waals surface area contributed by atoms with E-state index in [0.717, 1.165) is 17.8 Å². The van der Waals surface area contributed by atoms with E-state index in [9.17, 15) is 4.79 Å². The maximum absolute atomic E-state index is 10.9. The van der Waals surface area contributed by atoms with Crippen molar-refractivity contribution in [1.82, 2.24) is 9.88 Å². The van der Waals surface area contributed by atoms with Crippen LogP contribution < -0.4 is 0 Å². The molecular formula is C12H18N2O2S. The number of carboxylic acids is 1. The second-order valence-corrected chi connectivity index (χ2v) is 5.78. The Kier molecular flexibility index (Phi) is 3.79. The van der Waals surface area contributed by atoms with E-state index in [1.54, 1.807) is 18.3 Å². The molecule has 0 spiro atoms. The lowest BCUT2D eigenvalue weighted by Gasteiger charge is -2.19. The van der Waals surface area contributed by atoms with Gasteiger partial charge in [-0.3, -0.25) is 9.69 Å². The highest BCUT2D eigenvalue weighted by atomic mass is 32.1. The lowest BCUT2D eigenvalue weighted by Crippen LogP contribution is -2.35. The van der Waals surface area contributed by atoms with Crippen LogP contribution in [0.5, 0.6) is 0 Å². The Morgan fingerprint density at radius 2 is 2.24 bits per heavy atom. The normalized spacial score (nSPS) is 16.9. The molecule has 1 aromatic heterocycles. The summed E-state index contributed by atoms with van der Waals surface area (Å²) in [5.41, 5.74) is 1.24. The van der Waals surface area contributed by atoms with Crippen molar-refractivity contribution in [3.05, 3.63) is 15.6 Å². The standard InChI is InChI=1S/C12H18N2O2S/c1-8(12(15)16)14(2)7-11-13-9-5-3-4-6-10(9)17-11/h8H,3-7H2,1-2H3,(H,15,16). The highest BCUT2D eigenvalue weighted by Crippen LogP contribution is 2.27. The highest BCUT2D eigenvalue weighted by Gasteiger charge is 2.20. The molecule has 1 heterocycles. The number of fused-ring (bicyclic) bond motifs is 1. The number of carboxylic acid groups (broad SMARTS) is 1. The molecule has 0 aliphatic heterocycles. The number of aromatic nitrogens is 1. The first kappa shape index (κ1) is 12.5. The summed E-state index contributed by atoms with van der Waals surface area (Å²) < 4.78 is 0. The van der Waals surface area contributed by atoms with Crippen LogP contribution in [-0.2, 0) is 24.2 Å². The van der Waals surface area contributed by atoms with Gasteiger partial charge in [-0.25, -0.2) is 4.98 Å². The molecule has 0 radical (unpaired) electrons. The number of rotatable bonds is 4. The third-order valence-corrected chi connectivity index (χ3v) is 4.44. The Balaban J connectivity index is 2.03. The van der Waals surface area contributed by atoms with Gasteiger partial charge in [0.1, 0.15) is 11.0 Å². The molecule has 5 heteroatoms. The minimum Gasteiger partial charge on any atom is -0.480 e. The molecule has 1 atom stereocenters. The number of aryl methyl sites for hydroxylation is 2. The molecule has 0 amide bonds.